The van der Waals surface area contributed by atoms with Crippen molar-refractivity contribution in [3.63, 3.8) is 0 Å². The van der Waals surface area contributed by atoms with E-state index in [2.05, 4.69) is 37.5 Å². The maximum absolute atomic E-state index is 11.0. The first-order valence-corrected chi connectivity index (χ1v) is 6.90. The standard InChI is InChI=1S/C16H24N2O/c1-4-10-18(11-5-2)15-8-6-14(7-9-15)12-13(3)16(17)19/h6-9H,3-5,10-12H2,1-2H3,(H2,17,19). The summed E-state index contributed by atoms with van der Waals surface area (Å²) < 4.78 is 0. The van der Waals surface area contributed by atoms with Gasteiger partial charge in [-0.05, 0) is 30.5 Å². The predicted octanol–water partition coefficient (Wildman–Crippen LogP) is 2.90. The van der Waals surface area contributed by atoms with E-state index in [4.69, 9.17) is 5.73 Å². The molecule has 0 atom stereocenters. The summed E-state index contributed by atoms with van der Waals surface area (Å²) in [6.45, 7) is 10.2. The van der Waals surface area contributed by atoms with Gasteiger partial charge < -0.3 is 10.6 Å². The number of amides is 1. The number of hydrogen-bond donors (Lipinski definition) is 1. The van der Waals surface area contributed by atoms with Gasteiger partial charge in [-0.2, -0.15) is 0 Å². The van der Waals surface area contributed by atoms with Gasteiger partial charge in [0.25, 0.3) is 0 Å². The second-order valence-corrected chi connectivity index (χ2v) is 4.80. The number of carbonyl (C=O) groups is 1. The lowest BCUT2D eigenvalue weighted by molar-refractivity contribution is -0.114. The van der Waals surface area contributed by atoms with Crippen molar-refractivity contribution < 1.29 is 4.79 Å². The fraction of sp³-hybridized carbons (Fsp3) is 0.438. The van der Waals surface area contributed by atoms with Gasteiger partial charge in [0.2, 0.25) is 5.91 Å². The fourth-order valence-electron chi connectivity index (χ4n) is 2.07. The van der Waals surface area contributed by atoms with Crippen molar-refractivity contribution in [3.8, 4) is 0 Å². The third kappa shape index (κ3) is 4.78. The van der Waals surface area contributed by atoms with Crippen LogP contribution >= 0.6 is 0 Å². The van der Waals surface area contributed by atoms with Crippen molar-refractivity contribution in [2.45, 2.75) is 33.1 Å². The summed E-state index contributed by atoms with van der Waals surface area (Å²) >= 11 is 0. The van der Waals surface area contributed by atoms with E-state index < -0.39 is 5.91 Å². The maximum atomic E-state index is 11.0. The highest BCUT2D eigenvalue weighted by Crippen LogP contribution is 2.17. The zero-order valence-corrected chi connectivity index (χ0v) is 12.0. The lowest BCUT2D eigenvalue weighted by Crippen LogP contribution is -2.24. The van der Waals surface area contributed by atoms with Gasteiger partial charge in [-0.25, -0.2) is 0 Å². The molecule has 1 rings (SSSR count). The van der Waals surface area contributed by atoms with Gasteiger partial charge in [0.1, 0.15) is 0 Å². The van der Waals surface area contributed by atoms with E-state index in [1.165, 1.54) is 5.69 Å². The van der Waals surface area contributed by atoms with E-state index in [1.54, 1.807) is 0 Å². The van der Waals surface area contributed by atoms with Crippen molar-refractivity contribution in [2.24, 2.45) is 5.73 Å². The summed E-state index contributed by atoms with van der Waals surface area (Å²) in [4.78, 5) is 13.3. The Labute approximate surface area is 116 Å². The van der Waals surface area contributed by atoms with E-state index in [9.17, 15) is 4.79 Å². The molecule has 0 bridgehead atoms. The molecule has 0 spiro atoms. The molecule has 1 aromatic rings. The third-order valence-corrected chi connectivity index (χ3v) is 3.05. The molecule has 1 amide bonds. The average Bonchev–Trinajstić information content (AvgIpc) is 2.39. The smallest absolute Gasteiger partial charge is 0.244 e. The number of anilines is 1. The van der Waals surface area contributed by atoms with Crippen LogP contribution in [0.15, 0.2) is 36.4 Å². The lowest BCUT2D eigenvalue weighted by atomic mass is 10.1. The van der Waals surface area contributed by atoms with Crippen molar-refractivity contribution in [3.05, 3.63) is 42.0 Å². The Morgan fingerprint density at radius 2 is 1.68 bits per heavy atom. The molecule has 0 heterocycles. The number of nitrogens with zero attached hydrogens (tertiary/aromatic N) is 1. The van der Waals surface area contributed by atoms with Crippen LogP contribution in [0.1, 0.15) is 32.3 Å². The summed E-state index contributed by atoms with van der Waals surface area (Å²) in [6, 6.07) is 8.30. The minimum atomic E-state index is -0.428. The quantitative estimate of drug-likeness (QED) is 0.730. The normalized spacial score (nSPS) is 10.2. The van der Waals surface area contributed by atoms with Crippen LogP contribution in [0, 0.1) is 0 Å². The number of carbonyl (C=O) groups excluding carboxylic acids is 1. The molecule has 0 radical (unpaired) electrons. The first-order chi connectivity index (χ1) is 9.08. The zero-order valence-electron chi connectivity index (χ0n) is 12.0. The summed E-state index contributed by atoms with van der Waals surface area (Å²) in [5, 5.41) is 0. The van der Waals surface area contributed by atoms with E-state index in [1.807, 2.05) is 12.1 Å². The second-order valence-electron chi connectivity index (χ2n) is 4.80. The molecule has 3 heteroatoms. The van der Waals surface area contributed by atoms with Crippen LogP contribution in [-0.2, 0) is 11.2 Å². The van der Waals surface area contributed by atoms with Crippen molar-refractivity contribution in [1.82, 2.24) is 0 Å². The molecule has 0 saturated heterocycles. The van der Waals surface area contributed by atoms with E-state index in [0.717, 1.165) is 31.5 Å². The Kier molecular flexibility index (Phi) is 6.13. The average molecular weight is 260 g/mol. The van der Waals surface area contributed by atoms with Crippen LogP contribution in [0.3, 0.4) is 0 Å². The zero-order chi connectivity index (χ0) is 14.3. The summed E-state index contributed by atoms with van der Waals surface area (Å²) in [6.07, 6.45) is 2.80. The summed E-state index contributed by atoms with van der Waals surface area (Å²) in [5.74, 6) is -0.428. The summed E-state index contributed by atoms with van der Waals surface area (Å²) in [7, 11) is 0. The molecule has 0 aliphatic rings. The lowest BCUT2D eigenvalue weighted by Gasteiger charge is -2.24. The van der Waals surface area contributed by atoms with Gasteiger partial charge in [-0.1, -0.05) is 32.6 Å². The Hall–Kier alpha value is -1.77. The first-order valence-electron chi connectivity index (χ1n) is 6.90. The Balaban J connectivity index is 2.73. The predicted molar refractivity (Wildman–Crippen MR) is 81.3 cm³/mol. The Bertz CT molecular complexity index is 417. The highest BCUT2D eigenvalue weighted by Gasteiger charge is 2.06. The molecule has 0 fully saturated rings. The number of benzene rings is 1. The van der Waals surface area contributed by atoms with Crippen LogP contribution in [0.2, 0.25) is 0 Å². The van der Waals surface area contributed by atoms with E-state index in [0.29, 0.717) is 12.0 Å². The molecule has 0 aromatic heterocycles. The minimum absolute atomic E-state index is 0.428. The SMILES string of the molecule is C=C(Cc1ccc(N(CCC)CCC)cc1)C(N)=O. The van der Waals surface area contributed by atoms with Gasteiger partial charge in [0, 0.05) is 30.8 Å². The van der Waals surface area contributed by atoms with E-state index in [-0.39, 0.29) is 0 Å². The fourth-order valence-corrected chi connectivity index (χ4v) is 2.07. The molecule has 1 aromatic carbocycles. The number of rotatable bonds is 8. The number of primary amides is 1. The van der Waals surface area contributed by atoms with Gasteiger partial charge >= 0.3 is 0 Å². The number of nitrogens with two attached hydrogens (primary N) is 1. The maximum Gasteiger partial charge on any atom is 0.244 e. The second kappa shape index (κ2) is 7.62. The molecule has 0 saturated carbocycles. The minimum Gasteiger partial charge on any atom is -0.372 e. The van der Waals surface area contributed by atoms with Gasteiger partial charge in [-0.15, -0.1) is 0 Å². The molecule has 3 nitrogen and oxygen atoms in total. The molecule has 0 aliphatic heterocycles. The largest absolute Gasteiger partial charge is 0.372 e. The molecule has 0 aliphatic carbocycles. The molecule has 104 valence electrons. The molecule has 2 N–H and O–H groups in total. The van der Waals surface area contributed by atoms with Crippen LogP contribution in [0.5, 0.6) is 0 Å². The number of hydrogen-bond acceptors (Lipinski definition) is 2. The van der Waals surface area contributed by atoms with Crippen LogP contribution in [0.25, 0.3) is 0 Å². The van der Waals surface area contributed by atoms with Crippen molar-refractivity contribution >= 4 is 11.6 Å². The monoisotopic (exact) mass is 260 g/mol. The molecular formula is C16H24N2O. The van der Waals surface area contributed by atoms with E-state index >= 15 is 0 Å². The van der Waals surface area contributed by atoms with Crippen LogP contribution < -0.4 is 10.6 Å². The topological polar surface area (TPSA) is 46.3 Å². The Morgan fingerprint density at radius 1 is 1.16 bits per heavy atom. The highest BCUT2D eigenvalue weighted by molar-refractivity contribution is 5.91. The van der Waals surface area contributed by atoms with Gasteiger partial charge in [0.05, 0.1) is 0 Å². The molecule has 0 unspecified atom stereocenters. The summed E-state index contributed by atoms with van der Waals surface area (Å²) in [5.41, 5.74) is 7.95. The van der Waals surface area contributed by atoms with Crippen molar-refractivity contribution in [1.29, 1.82) is 0 Å². The van der Waals surface area contributed by atoms with Gasteiger partial charge in [0.15, 0.2) is 0 Å². The molecule has 19 heavy (non-hydrogen) atoms. The van der Waals surface area contributed by atoms with Crippen LogP contribution in [-0.4, -0.2) is 19.0 Å². The first kappa shape index (κ1) is 15.3. The Morgan fingerprint density at radius 3 is 2.11 bits per heavy atom. The molecular weight excluding hydrogens is 236 g/mol. The highest BCUT2D eigenvalue weighted by atomic mass is 16.1. The van der Waals surface area contributed by atoms with Gasteiger partial charge in [-0.3, -0.25) is 4.79 Å². The van der Waals surface area contributed by atoms with Crippen LogP contribution in [0.4, 0.5) is 5.69 Å². The third-order valence-electron chi connectivity index (χ3n) is 3.05. The van der Waals surface area contributed by atoms with Crippen molar-refractivity contribution in [2.75, 3.05) is 18.0 Å².